The first-order valence-corrected chi connectivity index (χ1v) is 10.2. The lowest BCUT2D eigenvalue weighted by molar-refractivity contribution is -0.132. The summed E-state index contributed by atoms with van der Waals surface area (Å²) in [6, 6.07) is 11.7. The molecule has 2 aromatic rings. The van der Waals surface area contributed by atoms with Crippen molar-refractivity contribution in [1.29, 1.82) is 0 Å². The Labute approximate surface area is 174 Å². The summed E-state index contributed by atoms with van der Waals surface area (Å²) >= 11 is 3.47. The smallest absolute Gasteiger partial charge is 0.226 e. The number of halogens is 1. The molecule has 1 amide bonds. The summed E-state index contributed by atoms with van der Waals surface area (Å²) in [7, 11) is 0. The molecule has 0 bridgehead atoms. The minimum atomic E-state index is 0.126. The van der Waals surface area contributed by atoms with Crippen LogP contribution in [0.4, 0.5) is 5.69 Å². The van der Waals surface area contributed by atoms with Gasteiger partial charge >= 0.3 is 0 Å². The van der Waals surface area contributed by atoms with Gasteiger partial charge in [-0.2, -0.15) is 0 Å². The molecule has 0 unspecified atom stereocenters. The van der Waals surface area contributed by atoms with E-state index in [1.807, 2.05) is 55.1 Å². The van der Waals surface area contributed by atoms with E-state index in [9.17, 15) is 9.59 Å². The van der Waals surface area contributed by atoms with Crippen molar-refractivity contribution in [2.45, 2.75) is 20.3 Å². The van der Waals surface area contributed by atoms with Crippen LogP contribution < -0.4 is 9.64 Å². The van der Waals surface area contributed by atoms with Crippen LogP contribution in [0.2, 0.25) is 0 Å². The van der Waals surface area contributed by atoms with Gasteiger partial charge in [0, 0.05) is 41.9 Å². The van der Waals surface area contributed by atoms with Gasteiger partial charge in [0.05, 0.1) is 13.0 Å². The monoisotopic (exact) mass is 444 g/mol. The molecule has 6 heteroatoms. The summed E-state index contributed by atoms with van der Waals surface area (Å²) in [6.45, 7) is 7.31. The van der Waals surface area contributed by atoms with Crippen molar-refractivity contribution in [1.82, 2.24) is 4.90 Å². The molecule has 1 heterocycles. The normalized spacial score (nSPS) is 14.1. The van der Waals surface area contributed by atoms with Crippen LogP contribution in [-0.2, 0) is 4.79 Å². The minimum Gasteiger partial charge on any atom is -0.493 e. The Morgan fingerprint density at radius 2 is 1.82 bits per heavy atom. The van der Waals surface area contributed by atoms with Gasteiger partial charge in [-0.25, -0.2) is 0 Å². The van der Waals surface area contributed by atoms with Crippen molar-refractivity contribution in [2.24, 2.45) is 0 Å². The lowest BCUT2D eigenvalue weighted by Crippen LogP contribution is -2.49. The van der Waals surface area contributed by atoms with Crippen LogP contribution in [0.15, 0.2) is 40.9 Å². The van der Waals surface area contributed by atoms with Gasteiger partial charge in [0.25, 0.3) is 0 Å². The molecule has 1 aliphatic rings. The number of carbonyl (C=O) groups is 2. The summed E-state index contributed by atoms with van der Waals surface area (Å²) in [6.07, 6.45) is 1.26. The Balaban J connectivity index is 1.46. The van der Waals surface area contributed by atoms with E-state index in [0.717, 1.165) is 52.0 Å². The first-order valence-electron chi connectivity index (χ1n) is 9.45. The predicted molar refractivity (Wildman–Crippen MR) is 114 cm³/mol. The molecule has 0 aromatic heterocycles. The SMILES string of the molecule is Cc1cc(OCCC(=O)N2CCN(c3ccc(C=O)c(C)c3)CC2)ccc1Br. The second-order valence-corrected chi connectivity index (χ2v) is 7.89. The van der Waals surface area contributed by atoms with E-state index < -0.39 is 0 Å². The number of rotatable bonds is 6. The summed E-state index contributed by atoms with van der Waals surface area (Å²) in [4.78, 5) is 27.6. The van der Waals surface area contributed by atoms with Crippen LogP contribution in [-0.4, -0.2) is 49.9 Å². The molecule has 0 N–H and O–H groups in total. The zero-order valence-corrected chi connectivity index (χ0v) is 17.9. The molecule has 28 heavy (non-hydrogen) atoms. The van der Waals surface area contributed by atoms with E-state index in [2.05, 4.69) is 20.8 Å². The summed E-state index contributed by atoms with van der Waals surface area (Å²) < 4.78 is 6.77. The summed E-state index contributed by atoms with van der Waals surface area (Å²) in [5, 5.41) is 0. The number of aldehydes is 1. The van der Waals surface area contributed by atoms with E-state index in [4.69, 9.17) is 4.74 Å². The minimum absolute atomic E-state index is 0.126. The standard InChI is InChI=1S/C22H25BrN2O3/c1-16-13-19(4-3-18(16)15-26)24-8-10-25(11-9-24)22(27)7-12-28-20-5-6-21(23)17(2)14-20/h3-6,13-15H,7-12H2,1-2H3. The van der Waals surface area contributed by atoms with Crippen molar-refractivity contribution in [3.8, 4) is 5.75 Å². The van der Waals surface area contributed by atoms with Crippen molar-refractivity contribution in [2.75, 3.05) is 37.7 Å². The number of piperazine rings is 1. The Morgan fingerprint density at radius 1 is 1.07 bits per heavy atom. The van der Waals surface area contributed by atoms with Gasteiger partial charge in [0.15, 0.2) is 0 Å². The lowest BCUT2D eigenvalue weighted by Gasteiger charge is -2.36. The van der Waals surface area contributed by atoms with Crippen LogP contribution >= 0.6 is 15.9 Å². The molecule has 0 radical (unpaired) electrons. The van der Waals surface area contributed by atoms with Crippen LogP contribution in [0.3, 0.4) is 0 Å². The number of ether oxygens (including phenoxy) is 1. The topological polar surface area (TPSA) is 49.9 Å². The number of hydrogen-bond donors (Lipinski definition) is 0. The van der Waals surface area contributed by atoms with Crippen LogP contribution in [0.1, 0.15) is 27.9 Å². The van der Waals surface area contributed by atoms with Gasteiger partial charge in [-0.05, 0) is 61.4 Å². The number of benzene rings is 2. The molecular weight excluding hydrogens is 420 g/mol. The second kappa shape index (κ2) is 9.24. The highest BCUT2D eigenvalue weighted by Gasteiger charge is 2.21. The van der Waals surface area contributed by atoms with E-state index in [1.54, 1.807) is 0 Å². The maximum Gasteiger partial charge on any atom is 0.226 e. The molecule has 0 aliphatic carbocycles. The number of anilines is 1. The molecule has 0 spiro atoms. The van der Waals surface area contributed by atoms with Gasteiger partial charge in [0.2, 0.25) is 5.91 Å². The molecule has 2 aromatic carbocycles. The Bertz CT molecular complexity index is 861. The molecule has 0 saturated carbocycles. The highest BCUT2D eigenvalue weighted by atomic mass is 79.9. The fraction of sp³-hybridized carbons (Fsp3) is 0.364. The summed E-state index contributed by atoms with van der Waals surface area (Å²) in [5.74, 6) is 0.911. The average molecular weight is 445 g/mol. The Kier molecular flexibility index (Phi) is 6.73. The number of nitrogens with zero attached hydrogens (tertiary/aromatic N) is 2. The molecule has 1 fully saturated rings. The second-order valence-electron chi connectivity index (χ2n) is 7.04. The molecular formula is C22H25BrN2O3. The molecule has 0 atom stereocenters. The fourth-order valence-electron chi connectivity index (χ4n) is 3.32. The van der Waals surface area contributed by atoms with Gasteiger partial charge in [0.1, 0.15) is 12.0 Å². The number of carbonyl (C=O) groups excluding carboxylic acids is 2. The van der Waals surface area contributed by atoms with Crippen molar-refractivity contribution >= 4 is 33.8 Å². The predicted octanol–water partition coefficient (Wildman–Crippen LogP) is 4.00. The van der Waals surface area contributed by atoms with Crippen LogP contribution in [0.25, 0.3) is 0 Å². The van der Waals surface area contributed by atoms with Gasteiger partial charge in [-0.3, -0.25) is 9.59 Å². The van der Waals surface area contributed by atoms with E-state index in [-0.39, 0.29) is 5.91 Å². The zero-order chi connectivity index (χ0) is 20.1. The van der Waals surface area contributed by atoms with Crippen molar-refractivity contribution in [3.63, 3.8) is 0 Å². The number of amides is 1. The highest BCUT2D eigenvalue weighted by Crippen LogP contribution is 2.22. The zero-order valence-electron chi connectivity index (χ0n) is 16.3. The molecule has 3 rings (SSSR count). The molecule has 148 valence electrons. The van der Waals surface area contributed by atoms with Gasteiger partial charge < -0.3 is 14.5 Å². The first-order chi connectivity index (χ1) is 13.5. The molecule has 1 aliphatic heterocycles. The largest absolute Gasteiger partial charge is 0.493 e. The van der Waals surface area contributed by atoms with Gasteiger partial charge in [-0.15, -0.1) is 0 Å². The lowest BCUT2D eigenvalue weighted by atomic mass is 10.1. The van der Waals surface area contributed by atoms with E-state index in [1.165, 1.54) is 0 Å². The molecule has 5 nitrogen and oxygen atoms in total. The van der Waals surface area contributed by atoms with Crippen molar-refractivity contribution < 1.29 is 14.3 Å². The van der Waals surface area contributed by atoms with Crippen molar-refractivity contribution in [3.05, 3.63) is 57.6 Å². The fourth-order valence-corrected chi connectivity index (χ4v) is 3.57. The first kappa shape index (κ1) is 20.4. The summed E-state index contributed by atoms with van der Waals surface area (Å²) in [5.41, 5.74) is 3.91. The van der Waals surface area contributed by atoms with Crippen LogP contribution in [0, 0.1) is 13.8 Å². The number of hydrogen-bond acceptors (Lipinski definition) is 4. The quantitative estimate of drug-likeness (QED) is 0.631. The maximum absolute atomic E-state index is 12.5. The Morgan fingerprint density at radius 3 is 2.46 bits per heavy atom. The molecule has 1 saturated heterocycles. The number of aryl methyl sites for hydroxylation is 2. The third kappa shape index (κ3) is 4.93. The maximum atomic E-state index is 12.5. The third-order valence-corrected chi connectivity index (χ3v) is 5.98. The van der Waals surface area contributed by atoms with E-state index in [0.29, 0.717) is 26.1 Å². The van der Waals surface area contributed by atoms with E-state index >= 15 is 0 Å². The Hall–Kier alpha value is -2.34. The van der Waals surface area contributed by atoms with Gasteiger partial charge in [-0.1, -0.05) is 15.9 Å². The third-order valence-electron chi connectivity index (χ3n) is 5.09. The highest BCUT2D eigenvalue weighted by molar-refractivity contribution is 9.10. The average Bonchev–Trinajstić information content (AvgIpc) is 2.70. The van der Waals surface area contributed by atoms with Crippen LogP contribution in [0.5, 0.6) is 5.75 Å².